The lowest BCUT2D eigenvalue weighted by Gasteiger charge is -2.47. The number of rotatable bonds is 10. The van der Waals surface area contributed by atoms with Crippen LogP contribution in [0.15, 0.2) is 64.8 Å². The molecule has 1 aliphatic rings. The lowest BCUT2D eigenvalue weighted by molar-refractivity contribution is -0.145. The van der Waals surface area contributed by atoms with Crippen LogP contribution in [0.4, 0.5) is 5.69 Å². The number of anilines is 1. The van der Waals surface area contributed by atoms with Crippen molar-refractivity contribution in [3.63, 3.8) is 0 Å². The quantitative estimate of drug-likeness (QED) is 0.206. The van der Waals surface area contributed by atoms with Crippen LogP contribution in [0.25, 0.3) is 0 Å². The number of hydrogen-bond donors (Lipinski definition) is 0. The maximum absolute atomic E-state index is 13.5. The van der Waals surface area contributed by atoms with Gasteiger partial charge in [-0.05, 0) is 71.6 Å². The molecule has 37 heavy (non-hydrogen) atoms. The van der Waals surface area contributed by atoms with Crippen molar-refractivity contribution < 1.29 is 18.7 Å². The Morgan fingerprint density at radius 3 is 2.16 bits per heavy atom. The maximum atomic E-state index is 13.5. The Bertz CT molecular complexity index is 1060. The van der Waals surface area contributed by atoms with Crippen LogP contribution in [0.3, 0.4) is 0 Å². The van der Waals surface area contributed by atoms with Crippen molar-refractivity contribution in [3.8, 4) is 5.75 Å². The van der Waals surface area contributed by atoms with Crippen LogP contribution in [0.1, 0.15) is 66.5 Å². The SMILES string of the molecule is CCOC(=O)[C@@H]1CC(O[Si](C(C)C)(C(C)C)C(C)C)=C[C@@H](c2cccc(Br)c2)N1c1ccc(OC)cc1. The highest BCUT2D eigenvalue weighted by Gasteiger charge is 2.49. The summed E-state index contributed by atoms with van der Waals surface area (Å²) < 4.78 is 19.2. The van der Waals surface area contributed by atoms with E-state index < -0.39 is 14.4 Å². The van der Waals surface area contributed by atoms with E-state index >= 15 is 0 Å². The normalized spacial score (nSPS) is 18.3. The first kappa shape index (κ1) is 29.3. The molecule has 2 aromatic carbocycles. The molecule has 0 aliphatic carbocycles. The number of hydrogen-bond acceptors (Lipinski definition) is 5. The van der Waals surface area contributed by atoms with Crippen molar-refractivity contribution in [2.45, 2.75) is 83.6 Å². The van der Waals surface area contributed by atoms with Gasteiger partial charge in [-0.25, -0.2) is 4.79 Å². The Kier molecular flexibility index (Phi) is 9.92. The van der Waals surface area contributed by atoms with E-state index in [1.165, 1.54) is 0 Å². The first-order valence-corrected chi connectivity index (χ1v) is 16.2. The monoisotopic (exact) mass is 587 g/mol. The highest BCUT2D eigenvalue weighted by Crippen LogP contribution is 2.46. The molecule has 0 saturated heterocycles. The zero-order valence-corrected chi connectivity index (χ0v) is 26.0. The fourth-order valence-corrected chi connectivity index (χ4v) is 11.7. The summed E-state index contributed by atoms with van der Waals surface area (Å²) in [5.41, 5.74) is 3.29. The lowest BCUT2D eigenvalue weighted by Crippen LogP contribution is -2.51. The molecular weight excluding hydrogens is 546 g/mol. The topological polar surface area (TPSA) is 48.0 Å². The van der Waals surface area contributed by atoms with Crippen molar-refractivity contribution in [3.05, 3.63) is 70.4 Å². The number of ether oxygens (including phenoxy) is 2. The van der Waals surface area contributed by atoms with Crippen molar-refractivity contribution in [2.75, 3.05) is 18.6 Å². The Hall–Kier alpha value is -2.25. The Morgan fingerprint density at radius 1 is 1.03 bits per heavy atom. The molecule has 0 aromatic heterocycles. The summed E-state index contributed by atoms with van der Waals surface area (Å²) in [4.78, 5) is 15.7. The number of carbonyl (C=O) groups excluding carboxylic acids is 1. The molecule has 0 unspecified atom stereocenters. The number of esters is 1. The highest BCUT2D eigenvalue weighted by molar-refractivity contribution is 9.10. The van der Waals surface area contributed by atoms with E-state index in [4.69, 9.17) is 13.9 Å². The highest BCUT2D eigenvalue weighted by atomic mass is 79.9. The van der Waals surface area contributed by atoms with Gasteiger partial charge in [0.15, 0.2) is 0 Å². The first-order chi connectivity index (χ1) is 17.5. The van der Waals surface area contributed by atoms with Crippen LogP contribution in [0.2, 0.25) is 16.6 Å². The van der Waals surface area contributed by atoms with Crippen molar-refractivity contribution in [1.29, 1.82) is 0 Å². The predicted molar refractivity (Wildman–Crippen MR) is 158 cm³/mol. The van der Waals surface area contributed by atoms with Gasteiger partial charge in [-0.3, -0.25) is 0 Å². The third kappa shape index (κ3) is 6.25. The van der Waals surface area contributed by atoms with Gasteiger partial charge in [0, 0.05) is 16.6 Å². The number of methoxy groups -OCH3 is 1. The number of halogens is 1. The third-order valence-corrected chi connectivity index (χ3v) is 14.0. The van der Waals surface area contributed by atoms with E-state index in [-0.39, 0.29) is 12.0 Å². The molecule has 2 aromatic rings. The molecule has 1 aliphatic heterocycles. The Balaban J connectivity index is 2.20. The third-order valence-electron chi connectivity index (χ3n) is 7.51. The fraction of sp³-hybridized carbons (Fsp3) is 0.500. The van der Waals surface area contributed by atoms with Crippen LogP contribution in [0.5, 0.6) is 5.75 Å². The standard InChI is InChI=1S/C30H42BrNO4Si/c1-9-35-30(33)29-19-27(36-37(20(2)3,21(4)5)22(6)7)18-28(23-11-10-12-24(31)17-23)32(29)25-13-15-26(34-8)16-14-25/h10-18,20-22,28-29H,9,19H2,1-8H3/t28-,29-/m0/s1. The average Bonchev–Trinajstić information content (AvgIpc) is 2.86. The summed E-state index contributed by atoms with van der Waals surface area (Å²) >= 11 is 3.64. The lowest BCUT2D eigenvalue weighted by atomic mass is 9.94. The molecule has 0 N–H and O–H groups in total. The minimum atomic E-state index is -2.22. The van der Waals surface area contributed by atoms with E-state index in [1.54, 1.807) is 7.11 Å². The summed E-state index contributed by atoms with van der Waals surface area (Å²) in [7, 11) is -0.563. The molecule has 0 spiro atoms. The molecule has 0 saturated carbocycles. The number of carbonyl (C=O) groups is 1. The molecular formula is C30H42BrNO4Si. The van der Waals surface area contributed by atoms with E-state index in [9.17, 15) is 4.79 Å². The molecule has 202 valence electrons. The molecule has 1 heterocycles. The van der Waals surface area contributed by atoms with Crippen molar-refractivity contribution >= 4 is 35.9 Å². The van der Waals surface area contributed by atoms with E-state index in [0.29, 0.717) is 29.7 Å². The predicted octanol–water partition coefficient (Wildman–Crippen LogP) is 8.42. The summed E-state index contributed by atoms with van der Waals surface area (Å²) in [6.45, 7) is 15.9. The molecule has 3 rings (SSSR count). The minimum Gasteiger partial charge on any atom is -0.546 e. The van der Waals surface area contributed by atoms with Crippen LogP contribution in [-0.2, 0) is 14.0 Å². The fourth-order valence-electron chi connectivity index (χ4n) is 5.94. The van der Waals surface area contributed by atoms with Crippen LogP contribution >= 0.6 is 15.9 Å². The van der Waals surface area contributed by atoms with Gasteiger partial charge >= 0.3 is 5.97 Å². The second-order valence-corrected chi connectivity index (χ2v) is 16.9. The van der Waals surface area contributed by atoms with Gasteiger partial charge in [-0.2, -0.15) is 0 Å². The summed E-state index contributed by atoms with van der Waals surface area (Å²) in [6, 6.07) is 15.4. The Labute approximate surface area is 232 Å². The maximum Gasteiger partial charge on any atom is 0.329 e. The molecule has 2 atom stereocenters. The molecule has 0 bridgehead atoms. The van der Waals surface area contributed by atoms with Crippen LogP contribution < -0.4 is 9.64 Å². The van der Waals surface area contributed by atoms with E-state index in [1.807, 2.05) is 43.3 Å². The molecule has 0 radical (unpaired) electrons. The molecule has 7 heteroatoms. The van der Waals surface area contributed by atoms with Gasteiger partial charge in [-0.15, -0.1) is 0 Å². The van der Waals surface area contributed by atoms with Gasteiger partial charge in [0.25, 0.3) is 8.32 Å². The summed E-state index contributed by atoms with van der Waals surface area (Å²) in [6.07, 6.45) is 2.69. The first-order valence-electron chi connectivity index (χ1n) is 13.3. The second kappa shape index (κ2) is 12.5. The van der Waals surface area contributed by atoms with Crippen LogP contribution in [0, 0.1) is 0 Å². The largest absolute Gasteiger partial charge is 0.546 e. The van der Waals surface area contributed by atoms with Gasteiger partial charge < -0.3 is 18.8 Å². The molecule has 5 nitrogen and oxygen atoms in total. The zero-order valence-electron chi connectivity index (χ0n) is 23.5. The van der Waals surface area contributed by atoms with Gasteiger partial charge in [-0.1, -0.05) is 69.6 Å². The zero-order chi connectivity index (χ0) is 27.3. The average molecular weight is 589 g/mol. The Morgan fingerprint density at radius 2 is 1.65 bits per heavy atom. The minimum absolute atomic E-state index is 0.206. The molecule has 0 amide bonds. The smallest absolute Gasteiger partial charge is 0.329 e. The van der Waals surface area contributed by atoms with Gasteiger partial charge in [0.1, 0.15) is 11.8 Å². The number of benzene rings is 2. The summed E-state index contributed by atoms with van der Waals surface area (Å²) in [5.74, 6) is 1.43. The number of nitrogens with zero attached hydrogens (tertiary/aromatic N) is 1. The van der Waals surface area contributed by atoms with Gasteiger partial charge in [0.2, 0.25) is 0 Å². The van der Waals surface area contributed by atoms with Crippen molar-refractivity contribution in [1.82, 2.24) is 0 Å². The van der Waals surface area contributed by atoms with Gasteiger partial charge in [0.05, 0.1) is 25.5 Å². The summed E-state index contributed by atoms with van der Waals surface area (Å²) in [5, 5.41) is 0. The van der Waals surface area contributed by atoms with Crippen LogP contribution in [-0.4, -0.2) is 34.0 Å². The molecule has 0 fully saturated rings. The van der Waals surface area contributed by atoms with Crippen molar-refractivity contribution in [2.24, 2.45) is 0 Å². The van der Waals surface area contributed by atoms with E-state index in [2.05, 4.69) is 80.6 Å². The second-order valence-electron chi connectivity index (χ2n) is 10.6. The van der Waals surface area contributed by atoms with E-state index in [0.717, 1.165) is 27.2 Å².